The highest BCUT2D eigenvalue weighted by Crippen LogP contribution is 2.13. The Balaban J connectivity index is 1.92. The van der Waals surface area contributed by atoms with Gasteiger partial charge in [0.1, 0.15) is 0 Å². The third-order valence-corrected chi connectivity index (χ3v) is 3.38. The maximum Gasteiger partial charge on any atom is 0.150 e. The Kier molecular flexibility index (Phi) is 4.18. The molecule has 1 aromatic heterocycles. The molecular weight excluding hydrogens is 214 g/mol. The largest absolute Gasteiger partial charge is 0.360 e. The fourth-order valence-electron chi connectivity index (χ4n) is 2.34. The number of aromatic nitrogens is 1. The molecule has 1 fully saturated rings. The van der Waals surface area contributed by atoms with E-state index in [2.05, 4.69) is 29.2 Å². The van der Waals surface area contributed by atoms with Crippen LogP contribution in [0.4, 0.5) is 0 Å². The summed E-state index contributed by atoms with van der Waals surface area (Å²) in [6, 6.07) is 3.20. The van der Waals surface area contributed by atoms with Gasteiger partial charge < -0.3 is 9.84 Å². The monoisotopic (exact) mass is 237 g/mol. The lowest BCUT2D eigenvalue weighted by Crippen LogP contribution is -2.40. The highest BCUT2D eigenvalue weighted by molar-refractivity contribution is 5.03. The molecule has 17 heavy (non-hydrogen) atoms. The van der Waals surface area contributed by atoms with Crippen LogP contribution in [0.1, 0.15) is 38.1 Å². The molecule has 1 saturated heterocycles. The van der Waals surface area contributed by atoms with Crippen LogP contribution in [0.25, 0.3) is 0 Å². The summed E-state index contributed by atoms with van der Waals surface area (Å²) < 4.78 is 5.30. The fraction of sp³-hybridized carbons (Fsp3) is 0.769. The molecule has 0 aromatic carbocycles. The summed E-state index contributed by atoms with van der Waals surface area (Å²) in [6.45, 7) is 9.55. The number of hydrogen-bond donors (Lipinski definition) is 1. The summed E-state index contributed by atoms with van der Waals surface area (Å²) >= 11 is 0. The number of nitrogens with zero attached hydrogens (tertiary/aromatic N) is 2. The van der Waals surface area contributed by atoms with Gasteiger partial charge in [-0.05, 0) is 40.2 Å². The normalized spacial score (nSPS) is 20.6. The van der Waals surface area contributed by atoms with E-state index >= 15 is 0 Å². The lowest BCUT2D eigenvalue weighted by molar-refractivity contribution is 0.173. The summed E-state index contributed by atoms with van der Waals surface area (Å²) in [7, 11) is 0. The molecule has 0 aliphatic carbocycles. The molecule has 1 N–H and O–H groups in total. The maximum absolute atomic E-state index is 5.30. The van der Waals surface area contributed by atoms with Crippen molar-refractivity contribution in [2.45, 2.75) is 52.2 Å². The first-order chi connectivity index (χ1) is 8.15. The zero-order valence-corrected chi connectivity index (χ0v) is 11.1. The maximum atomic E-state index is 5.30. The first kappa shape index (κ1) is 12.6. The van der Waals surface area contributed by atoms with Crippen molar-refractivity contribution < 1.29 is 4.52 Å². The molecule has 1 aromatic rings. The SMILES string of the molecule is Cc1cc(CN(CC2CCCN2)C(C)C)on1. The molecule has 1 unspecified atom stereocenters. The summed E-state index contributed by atoms with van der Waals surface area (Å²) in [5, 5.41) is 7.49. The molecule has 0 spiro atoms. The van der Waals surface area contributed by atoms with Crippen molar-refractivity contribution in [2.75, 3.05) is 13.1 Å². The lowest BCUT2D eigenvalue weighted by atomic mass is 10.2. The Bertz CT molecular complexity index is 342. The van der Waals surface area contributed by atoms with Crippen molar-refractivity contribution in [1.29, 1.82) is 0 Å². The lowest BCUT2D eigenvalue weighted by Gasteiger charge is -2.28. The Hall–Kier alpha value is -0.870. The molecule has 2 rings (SSSR count). The summed E-state index contributed by atoms with van der Waals surface area (Å²) in [5.41, 5.74) is 0.961. The minimum Gasteiger partial charge on any atom is -0.360 e. The van der Waals surface area contributed by atoms with Crippen LogP contribution in [0.15, 0.2) is 10.6 Å². The minimum atomic E-state index is 0.530. The third-order valence-electron chi connectivity index (χ3n) is 3.38. The van der Waals surface area contributed by atoms with Gasteiger partial charge in [0.05, 0.1) is 12.2 Å². The van der Waals surface area contributed by atoms with Crippen LogP contribution in [0.2, 0.25) is 0 Å². The zero-order chi connectivity index (χ0) is 12.3. The van der Waals surface area contributed by atoms with Gasteiger partial charge in [-0.15, -0.1) is 0 Å². The molecule has 1 aliphatic rings. The molecule has 96 valence electrons. The van der Waals surface area contributed by atoms with E-state index in [1.165, 1.54) is 12.8 Å². The molecule has 0 bridgehead atoms. The predicted molar refractivity (Wildman–Crippen MR) is 67.8 cm³/mol. The van der Waals surface area contributed by atoms with Crippen molar-refractivity contribution in [1.82, 2.24) is 15.4 Å². The van der Waals surface area contributed by atoms with Crippen LogP contribution in [0, 0.1) is 6.92 Å². The summed E-state index contributed by atoms with van der Waals surface area (Å²) in [6.07, 6.45) is 2.59. The molecule has 1 aliphatic heterocycles. The van der Waals surface area contributed by atoms with Crippen molar-refractivity contribution in [3.8, 4) is 0 Å². The van der Waals surface area contributed by atoms with Crippen molar-refractivity contribution in [3.63, 3.8) is 0 Å². The summed E-state index contributed by atoms with van der Waals surface area (Å²) in [5.74, 6) is 0.967. The zero-order valence-electron chi connectivity index (χ0n) is 11.1. The van der Waals surface area contributed by atoms with E-state index in [1.807, 2.05) is 13.0 Å². The minimum absolute atomic E-state index is 0.530. The Labute approximate surface area is 103 Å². The third kappa shape index (κ3) is 3.54. The van der Waals surface area contributed by atoms with Crippen molar-refractivity contribution in [3.05, 3.63) is 17.5 Å². The number of hydrogen-bond acceptors (Lipinski definition) is 4. The number of rotatable bonds is 5. The van der Waals surface area contributed by atoms with Gasteiger partial charge in [0.25, 0.3) is 0 Å². The van der Waals surface area contributed by atoms with Gasteiger partial charge >= 0.3 is 0 Å². The standard InChI is InChI=1S/C13H23N3O/c1-10(2)16(8-12-5-4-6-14-12)9-13-7-11(3)15-17-13/h7,10,12,14H,4-6,8-9H2,1-3H3. The van der Waals surface area contributed by atoms with Crippen LogP contribution in [-0.2, 0) is 6.54 Å². The van der Waals surface area contributed by atoms with Crippen molar-refractivity contribution >= 4 is 0 Å². The second-order valence-electron chi connectivity index (χ2n) is 5.25. The molecular formula is C13H23N3O. The highest BCUT2D eigenvalue weighted by Gasteiger charge is 2.20. The quantitative estimate of drug-likeness (QED) is 0.850. The smallest absolute Gasteiger partial charge is 0.150 e. The average Bonchev–Trinajstić information content (AvgIpc) is 2.89. The van der Waals surface area contributed by atoms with Crippen LogP contribution in [0.5, 0.6) is 0 Å². The number of nitrogens with one attached hydrogen (secondary N) is 1. The van der Waals surface area contributed by atoms with Gasteiger partial charge in [-0.2, -0.15) is 0 Å². The molecule has 0 amide bonds. The Morgan fingerprint density at radius 3 is 2.94 bits per heavy atom. The summed E-state index contributed by atoms with van der Waals surface area (Å²) in [4.78, 5) is 2.45. The predicted octanol–water partition coefficient (Wildman–Crippen LogP) is 1.95. The average molecular weight is 237 g/mol. The van der Waals surface area contributed by atoms with E-state index in [0.717, 1.165) is 31.1 Å². The Morgan fingerprint density at radius 1 is 1.59 bits per heavy atom. The first-order valence-corrected chi connectivity index (χ1v) is 6.55. The second kappa shape index (κ2) is 5.65. The molecule has 0 radical (unpaired) electrons. The van der Waals surface area contributed by atoms with E-state index in [4.69, 9.17) is 4.52 Å². The molecule has 4 heteroatoms. The van der Waals surface area contributed by atoms with Crippen LogP contribution in [0.3, 0.4) is 0 Å². The van der Waals surface area contributed by atoms with Crippen LogP contribution in [-0.4, -0.2) is 35.2 Å². The van der Waals surface area contributed by atoms with Crippen molar-refractivity contribution in [2.24, 2.45) is 0 Å². The first-order valence-electron chi connectivity index (χ1n) is 6.55. The van der Waals surface area contributed by atoms with Gasteiger partial charge in [0, 0.05) is 24.7 Å². The second-order valence-corrected chi connectivity index (χ2v) is 5.25. The Morgan fingerprint density at radius 2 is 2.41 bits per heavy atom. The van der Waals surface area contributed by atoms with Crippen LogP contribution >= 0.6 is 0 Å². The number of aryl methyl sites for hydroxylation is 1. The van der Waals surface area contributed by atoms with Gasteiger partial charge in [-0.1, -0.05) is 5.16 Å². The van der Waals surface area contributed by atoms with Gasteiger partial charge in [-0.25, -0.2) is 0 Å². The van der Waals surface area contributed by atoms with Gasteiger partial charge in [0.15, 0.2) is 5.76 Å². The molecule has 2 heterocycles. The topological polar surface area (TPSA) is 41.3 Å². The van der Waals surface area contributed by atoms with E-state index in [-0.39, 0.29) is 0 Å². The van der Waals surface area contributed by atoms with Gasteiger partial charge in [-0.3, -0.25) is 4.90 Å². The molecule has 1 atom stereocenters. The molecule has 0 saturated carbocycles. The van der Waals surface area contributed by atoms with Gasteiger partial charge in [0.2, 0.25) is 0 Å². The van der Waals surface area contributed by atoms with E-state index in [9.17, 15) is 0 Å². The van der Waals surface area contributed by atoms with Crippen LogP contribution < -0.4 is 5.32 Å². The molecule has 4 nitrogen and oxygen atoms in total. The van der Waals surface area contributed by atoms with E-state index in [0.29, 0.717) is 12.1 Å². The van der Waals surface area contributed by atoms with E-state index in [1.54, 1.807) is 0 Å². The highest BCUT2D eigenvalue weighted by atomic mass is 16.5. The van der Waals surface area contributed by atoms with E-state index < -0.39 is 0 Å². The fourth-order valence-corrected chi connectivity index (χ4v) is 2.34.